The molecule has 1 aromatic rings. The second kappa shape index (κ2) is 11.7. The van der Waals surface area contributed by atoms with Crippen LogP contribution in [-0.4, -0.2) is 61.2 Å². The quantitative estimate of drug-likeness (QED) is 0.189. The van der Waals surface area contributed by atoms with Crippen molar-refractivity contribution < 1.29 is 47.6 Å². The highest BCUT2D eigenvalue weighted by Crippen LogP contribution is 2.53. The van der Waals surface area contributed by atoms with Crippen LogP contribution in [-0.2, 0) is 42.5 Å². The van der Waals surface area contributed by atoms with Gasteiger partial charge in [0.15, 0.2) is 5.76 Å². The molecular weight excluding hydrogens is 480 g/mol. The molecule has 2 aliphatic rings. The molecule has 0 amide bonds. The maximum absolute atomic E-state index is 11.8. The molecule has 2 aliphatic heterocycles. The third-order valence-corrected chi connectivity index (χ3v) is 6.19. The molecular formula is C24H32O10S. The van der Waals surface area contributed by atoms with E-state index in [1.165, 1.54) is 7.11 Å². The number of esters is 1. The predicted octanol–water partition coefficient (Wildman–Crippen LogP) is 4.08. The van der Waals surface area contributed by atoms with Crippen molar-refractivity contribution in [3.05, 3.63) is 35.6 Å². The van der Waals surface area contributed by atoms with Gasteiger partial charge in [0.1, 0.15) is 18.3 Å². The van der Waals surface area contributed by atoms with Crippen LogP contribution in [0.5, 0.6) is 0 Å². The van der Waals surface area contributed by atoms with E-state index in [2.05, 4.69) is 4.89 Å². The highest BCUT2D eigenvalue weighted by Gasteiger charge is 2.61. The average Bonchev–Trinajstić information content (AvgIpc) is 3.33. The Labute approximate surface area is 208 Å². The van der Waals surface area contributed by atoms with Gasteiger partial charge in [-0.3, -0.25) is 9.59 Å². The van der Waals surface area contributed by atoms with Gasteiger partial charge in [-0.1, -0.05) is 19.1 Å². The van der Waals surface area contributed by atoms with Gasteiger partial charge >= 0.3 is 17.9 Å². The lowest BCUT2D eigenvalue weighted by molar-refractivity contribution is -0.342. The summed E-state index contributed by atoms with van der Waals surface area (Å²) in [4.78, 5) is 28.0. The van der Waals surface area contributed by atoms with Gasteiger partial charge in [-0.2, -0.15) is 4.33 Å². The van der Waals surface area contributed by atoms with E-state index < -0.39 is 29.6 Å². The Morgan fingerprint density at radius 1 is 1.23 bits per heavy atom. The third kappa shape index (κ3) is 6.54. The first kappa shape index (κ1) is 27.4. The Morgan fingerprint density at radius 2 is 1.94 bits per heavy atom. The molecule has 1 fully saturated rings. The molecule has 1 N–H and O–H groups in total. The number of ether oxygens (including phenoxy) is 5. The lowest BCUT2D eigenvalue weighted by Gasteiger charge is -2.30. The SMILES string of the molecule is CC[C@]1(C)OC2(OCC(COC(=O)CCC(=O)O)O2)C(OC(C)C)=C1c1ccc(SOOC)cc1. The first-order valence-electron chi connectivity index (χ1n) is 11.4. The summed E-state index contributed by atoms with van der Waals surface area (Å²) in [6.07, 6.45) is -0.700. The summed E-state index contributed by atoms with van der Waals surface area (Å²) in [7, 11) is 1.44. The molecule has 11 heteroatoms. The summed E-state index contributed by atoms with van der Waals surface area (Å²) < 4.78 is 35.0. The average molecular weight is 513 g/mol. The number of hydrogen-bond acceptors (Lipinski definition) is 10. The van der Waals surface area contributed by atoms with Gasteiger partial charge in [0.05, 0.1) is 44.7 Å². The molecule has 3 rings (SSSR count). The zero-order valence-electron chi connectivity index (χ0n) is 20.5. The predicted molar refractivity (Wildman–Crippen MR) is 125 cm³/mol. The number of carboxylic acid groups (broad SMARTS) is 1. The van der Waals surface area contributed by atoms with Crippen LogP contribution < -0.4 is 0 Å². The van der Waals surface area contributed by atoms with Crippen molar-refractivity contribution in [2.24, 2.45) is 0 Å². The largest absolute Gasteiger partial charge is 0.487 e. The van der Waals surface area contributed by atoms with E-state index in [9.17, 15) is 9.59 Å². The minimum Gasteiger partial charge on any atom is -0.487 e. The van der Waals surface area contributed by atoms with Crippen LogP contribution >= 0.6 is 12.0 Å². The van der Waals surface area contributed by atoms with Gasteiger partial charge < -0.3 is 28.8 Å². The Balaban J connectivity index is 1.86. The Kier molecular flexibility index (Phi) is 9.19. The molecule has 10 nitrogen and oxygen atoms in total. The maximum atomic E-state index is 11.8. The van der Waals surface area contributed by atoms with Crippen LogP contribution in [0.25, 0.3) is 5.57 Å². The zero-order valence-corrected chi connectivity index (χ0v) is 21.3. The molecule has 0 bridgehead atoms. The number of carbonyl (C=O) groups excluding carboxylic acids is 1. The zero-order chi connectivity index (χ0) is 25.6. The van der Waals surface area contributed by atoms with Crippen molar-refractivity contribution >= 4 is 29.6 Å². The van der Waals surface area contributed by atoms with Crippen LogP contribution in [0, 0.1) is 0 Å². The van der Waals surface area contributed by atoms with E-state index in [1.54, 1.807) is 0 Å². The maximum Gasteiger partial charge on any atom is 0.347 e. The van der Waals surface area contributed by atoms with E-state index in [0.29, 0.717) is 12.2 Å². The Hall–Kier alpha value is -2.15. The van der Waals surface area contributed by atoms with Gasteiger partial charge in [-0.05, 0) is 44.9 Å². The summed E-state index contributed by atoms with van der Waals surface area (Å²) in [5.41, 5.74) is 0.894. The van der Waals surface area contributed by atoms with E-state index in [0.717, 1.165) is 28.1 Å². The summed E-state index contributed by atoms with van der Waals surface area (Å²) in [6, 6.07) is 7.67. The van der Waals surface area contributed by atoms with E-state index in [1.807, 2.05) is 52.0 Å². The monoisotopic (exact) mass is 512 g/mol. The fourth-order valence-corrected chi connectivity index (χ4v) is 4.20. The number of carbonyl (C=O) groups is 2. The number of rotatable bonds is 12. The van der Waals surface area contributed by atoms with Crippen molar-refractivity contribution in [1.82, 2.24) is 0 Å². The fourth-order valence-electron chi connectivity index (χ4n) is 3.80. The van der Waals surface area contributed by atoms with Crippen LogP contribution in [0.3, 0.4) is 0 Å². The number of hydrogen-bond donors (Lipinski definition) is 1. The number of carboxylic acids is 1. The Bertz CT molecular complexity index is 931. The standard InChI is InChI=1S/C24H32O10S/c1-6-23(4)21(16-7-9-18(10-8-16)35-34-28-5)22(31-15(2)3)24(33-23)30-14-17(32-24)13-29-20(27)12-11-19(25)26/h7-10,15,17H,6,11-14H2,1-5H3,(H,25,26)/t17?,23-,24?/m0/s1. The minimum absolute atomic E-state index is 0.0951. The highest BCUT2D eigenvalue weighted by atomic mass is 32.2. The molecule has 0 saturated carbocycles. The van der Waals surface area contributed by atoms with Crippen LogP contribution in [0.15, 0.2) is 34.9 Å². The van der Waals surface area contributed by atoms with Gasteiger partial charge in [-0.25, -0.2) is 4.89 Å². The Morgan fingerprint density at radius 3 is 2.54 bits per heavy atom. The molecule has 0 aromatic heterocycles. The summed E-state index contributed by atoms with van der Waals surface area (Å²) >= 11 is 1.10. The topological polar surface area (TPSA) is 119 Å². The van der Waals surface area contributed by atoms with Gasteiger partial charge in [0, 0.05) is 10.5 Å². The second-order valence-corrected chi connectivity index (χ2v) is 9.36. The molecule has 194 valence electrons. The molecule has 3 atom stereocenters. The minimum atomic E-state index is -1.59. The van der Waals surface area contributed by atoms with Crippen molar-refractivity contribution in [2.45, 2.75) is 75.6 Å². The highest BCUT2D eigenvalue weighted by molar-refractivity contribution is 7.94. The normalized spacial score (nSPS) is 26.1. The van der Waals surface area contributed by atoms with Crippen molar-refractivity contribution in [1.29, 1.82) is 0 Å². The summed E-state index contributed by atoms with van der Waals surface area (Å²) in [5, 5.41) is 8.73. The summed E-state index contributed by atoms with van der Waals surface area (Å²) in [5.74, 6) is -2.85. The second-order valence-electron chi connectivity index (χ2n) is 8.58. The molecule has 35 heavy (non-hydrogen) atoms. The van der Waals surface area contributed by atoms with Gasteiger partial charge in [0.25, 0.3) is 0 Å². The third-order valence-electron chi connectivity index (χ3n) is 5.52. The van der Waals surface area contributed by atoms with Crippen molar-refractivity contribution in [3.63, 3.8) is 0 Å². The molecule has 2 heterocycles. The number of aliphatic carboxylic acids is 1. The first-order valence-corrected chi connectivity index (χ1v) is 12.2. The lowest BCUT2D eigenvalue weighted by atomic mass is 9.88. The molecule has 2 unspecified atom stereocenters. The number of benzene rings is 1. The van der Waals surface area contributed by atoms with Gasteiger partial charge in [0.2, 0.25) is 0 Å². The van der Waals surface area contributed by atoms with E-state index >= 15 is 0 Å². The first-order chi connectivity index (χ1) is 16.6. The summed E-state index contributed by atoms with van der Waals surface area (Å²) in [6.45, 7) is 7.76. The van der Waals surface area contributed by atoms with Crippen molar-refractivity contribution in [3.8, 4) is 0 Å². The lowest BCUT2D eigenvalue weighted by Crippen LogP contribution is -2.40. The molecule has 0 aliphatic carbocycles. The van der Waals surface area contributed by atoms with Gasteiger partial charge in [-0.15, -0.1) is 0 Å². The van der Waals surface area contributed by atoms with E-state index in [4.69, 9.17) is 33.1 Å². The van der Waals surface area contributed by atoms with Crippen LogP contribution in [0.2, 0.25) is 0 Å². The molecule has 1 aromatic carbocycles. The molecule has 1 spiro atoms. The molecule has 1 saturated heterocycles. The smallest absolute Gasteiger partial charge is 0.347 e. The van der Waals surface area contributed by atoms with Crippen LogP contribution in [0.1, 0.15) is 52.5 Å². The van der Waals surface area contributed by atoms with E-state index in [-0.39, 0.29) is 32.2 Å². The fraction of sp³-hybridized carbons (Fsp3) is 0.583. The van der Waals surface area contributed by atoms with Crippen LogP contribution in [0.4, 0.5) is 0 Å². The molecule has 0 radical (unpaired) electrons. The van der Waals surface area contributed by atoms with Crippen molar-refractivity contribution in [2.75, 3.05) is 20.3 Å².